The Balaban J connectivity index is 1.63. The van der Waals surface area contributed by atoms with E-state index >= 15 is 0 Å². The predicted molar refractivity (Wildman–Crippen MR) is 88.5 cm³/mol. The molecule has 0 aliphatic carbocycles. The van der Waals surface area contributed by atoms with Gasteiger partial charge in [-0.3, -0.25) is 0 Å². The Hall–Kier alpha value is -1.38. The monoisotopic (exact) mass is 354 g/mol. The van der Waals surface area contributed by atoms with Crippen LogP contribution in [0.4, 0.5) is 0 Å². The number of methoxy groups -OCH3 is 2. The lowest BCUT2D eigenvalue weighted by molar-refractivity contribution is -0.178. The maximum Gasteiger partial charge on any atom is 0.163 e. The van der Waals surface area contributed by atoms with E-state index in [-0.39, 0.29) is 18.3 Å². The van der Waals surface area contributed by atoms with Gasteiger partial charge in [-0.15, -0.1) is 0 Å². The Labute approximate surface area is 147 Å². The van der Waals surface area contributed by atoms with Gasteiger partial charge in [0, 0.05) is 6.42 Å². The largest absolute Gasteiger partial charge is 0.493 e. The highest BCUT2D eigenvalue weighted by Gasteiger charge is 2.46. The fraction of sp³-hybridized carbons (Fsp3) is 0.667. The summed E-state index contributed by atoms with van der Waals surface area (Å²) in [6, 6.07) is 5.63. The van der Waals surface area contributed by atoms with Gasteiger partial charge < -0.3 is 33.5 Å². The molecule has 2 aliphatic rings. The van der Waals surface area contributed by atoms with E-state index in [2.05, 4.69) is 0 Å². The molecule has 2 saturated heterocycles. The summed E-state index contributed by atoms with van der Waals surface area (Å²) in [7, 11) is 3.19. The molecule has 140 valence electrons. The van der Waals surface area contributed by atoms with E-state index in [1.165, 1.54) is 0 Å². The van der Waals surface area contributed by atoms with Crippen LogP contribution in [0.3, 0.4) is 0 Å². The van der Waals surface area contributed by atoms with Crippen molar-refractivity contribution in [1.82, 2.24) is 0 Å². The summed E-state index contributed by atoms with van der Waals surface area (Å²) in [5, 5.41) is 9.87. The zero-order valence-electron chi connectivity index (χ0n) is 15.1. The molecule has 1 aromatic carbocycles. The molecule has 0 bridgehead atoms. The molecule has 0 amide bonds. The van der Waals surface area contributed by atoms with Crippen molar-refractivity contribution in [3.05, 3.63) is 23.8 Å². The number of benzene rings is 1. The second-order valence-electron chi connectivity index (χ2n) is 6.70. The Kier molecular flexibility index (Phi) is 5.50. The van der Waals surface area contributed by atoms with Crippen LogP contribution in [-0.4, -0.2) is 56.3 Å². The van der Waals surface area contributed by atoms with Gasteiger partial charge >= 0.3 is 0 Å². The molecular weight excluding hydrogens is 328 g/mol. The maximum atomic E-state index is 9.87. The van der Waals surface area contributed by atoms with E-state index in [4.69, 9.17) is 28.4 Å². The molecule has 1 aromatic rings. The Morgan fingerprint density at radius 1 is 1.20 bits per heavy atom. The van der Waals surface area contributed by atoms with Crippen LogP contribution in [0.15, 0.2) is 18.2 Å². The number of ether oxygens (including phenoxy) is 6. The van der Waals surface area contributed by atoms with Crippen molar-refractivity contribution in [1.29, 1.82) is 0 Å². The van der Waals surface area contributed by atoms with Crippen LogP contribution in [0.2, 0.25) is 0 Å². The Morgan fingerprint density at radius 2 is 1.96 bits per heavy atom. The normalized spacial score (nSPS) is 31.2. The van der Waals surface area contributed by atoms with Crippen molar-refractivity contribution >= 4 is 0 Å². The lowest BCUT2D eigenvalue weighted by Crippen LogP contribution is -2.38. The van der Waals surface area contributed by atoms with Gasteiger partial charge in [0.1, 0.15) is 12.2 Å². The Bertz CT molecular complexity index is 589. The molecule has 2 aliphatic heterocycles. The molecule has 0 saturated carbocycles. The maximum absolute atomic E-state index is 9.87. The average molecular weight is 354 g/mol. The van der Waals surface area contributed by atoms with Gasteiger partial charge in [0.2, 0.25) is 0 Å². The van der Waals surface area contributed by atoms with E-state index in [0.717, 1.165) is 5.56 Å². The smallest absolute Gasteiger partial charge is 0.163 e. The zero-order chi connectivity index (χ0) is 18.0. The van der Waals surface area contributed by atoms with Crippen LogP contribution in [-0.2, 0) is 25.6 Å². The summed E-state index contributed by atoms with van der Waals surface area (Å²) in [5.74, 6) is 0.676. The lowest BCUT2D eigenvalue weighted by atomic mass is 10.1. The van der Waals surface area contributed by atoms with Gasteiger partial charge in [-0.05, 0) is 31.5 Å². The molecule has 1 N–H and O–H groups in total. The minimum Gasteiger partial charge on any atom is -0.493 e. The van der Waals surface area contributed by atoms with Crippen molar-refractivity contribution in [3.63, 3.8) is 0 Å². The number of rotatable bonds is 6. The summed E-state index contributed by atoms with van der Waals surface area (Å²) < 4.78 is 33.6. The van der Waals surface area contributed by atoms with Crippen molar-refractivity contribution in [2.75, 3.05) is 20.8 Å². The minimum absolute atomic E-state index is 0.262. The molecule has 2 fully saturated rings. The summed E-state index contributed by atoms with van der Waals surface area (Å²) in [4.78, 5) is 0. The molecule has 0 radical (unpaired) electrons. The first-order valence-corrected chi connectivity index (χ1v) is 8.39. The van der Waals surface area contributed by atoms with Gasteiger partial charge in [-0.1, -0.05) is 6.07 Å². The molecule has 0 spiro atoms. The summed E-state index contributed by atoms with van der Waals surface area (Å²) in [6.07, 6.45) is -1.35. The van der Waals surface area contributed by atoms with Crippen LogP contribution in [0.5, 0.6) is 11.5 Å². The van der Waals surface area contributed by atoms with E-state index in [1.807, 2.05) is 32.0 Å². The number of aliphatic hydroxyl groups is 1. The first kappa shape index (κ1) is 18.4. The molecule has 0 aromatic heterocycles. The summed E-state index contributed by atoms with van der Waals surface area (Å²) >= 11 is 0. The van der Waals surface area contributed by atoms with Crippen molar-refractivity contribution in [2.24, 2.45) is 0 Å². The van der Waals surface area contributed by atoms with Crippen molar-refractivity contribution < 1.29 is 33.5 Å². The van der Waals surface area contributed by atoms with Crippen LogP contribution >= 0.6 is 0 Å². The summed E-state index contributed by atoms with van der Waals surface area (Å²) in [6.45, 7) is 4.50. The fourth-order valence-corrected chi connectivity index (χ4v) is 3.20. The molecule has 2 heterocycles. The highest BCUT2D eigenvalue weighted by atomic mass is 16.8. The van der Waals surface area contributed by atoms with Gasteiger partial charge in [-0.25, -0.2) is 0 Å². The quantitative estimate of drug-likeness (QED) is 0.835. The third kappa shape index (κ3) is 4.24. The third-order valence-electron chi connectivity index (χ3n) is 4.42. The standard InChI is InChI=1S/C18H26O7/c1-18(2)23-10-15(25-18)17-14(8-16(19)24-17)22-9-11-5-6-12(20-3)13(7-11)21-4/h5-7,14-17,19H,8-10H2,1-4H3/t14-,15-,16?,17+/m1/s1. The molecule has 3 rings (SSSR count). The average Bonchev–Trinajstić information content (AvgIpc) is 3.14. The fourth-order valence-electron chi connectivity index (χ4n) is 3.20. The molecule has 7 heteroatoms. The minimum atomic E-state index is -0.854. The zero-order valence-corrected chi connectivity index (χ0v) is 15.1. The van der Waals surface area contributed by atoms with E-state index in [0.29, 0.717) is 31.1 Å². The van der Waals surface area contributed by atoms with Crippen LogP contribution in [0, 0.1) is 0 Å². The molecule has 1 unspecified atom stereocenters. The van der Waals surface area contributed by atoms with Crippen LogP contribution < -0.4 is 9.47 Å². The first-order valence-electron chi connectivity index (χ1n) is 8.39. The second-order valence-corrected chi connectivity index (χ2v) is 6.70. The van der Waals surface area contributed by atoms with E-state index < -0.39 is 12.1 Å². The highest BCUT2D eigenvalue weighted by Crippen LogP contribution is 2.33. The molecule has 7 nitrogen and oxygen atoms in total. The molecular formula is C18H26O7. The lowest BCUT2D eigenvalue weighted by Gasteiger charge is -2.25. The second kappa shape index (κ2) is 7.47. The van der Waals surface area contributed by atoms with Crippen molar-refractivity contribution in [2.45, 2.75) is 57.3 Å². The third-order valence-corrected chi connectivity index (χ3v) is 4.42. The van der Waals surface area contributed by atoms with Gasteiger partial charge in [-0.2, -0.15) is 0 Å². The number of hydrogen-bond donors (Lipinski definition) is 1. The van der Waals surface area contributed by atoms with Gasteiger partial charge in [0.25, 0.3) is 0 Å². The SMILES string of the molecule is COc1ccc(CO[C@@H]2CC(O)O[C@@H]2[C@H]2COC(C)(C)O2)cc1OC. The Morgan fingerprint density at radius 3 is 2.60 bits per heavy atom. The topological polar surface area (TPSA) is 75.6 Å². The van der Waals surface area contributed by atoms with Gasteiger partial charge in [0.05, 0.1) is 33.5 Å². The summed E-state index contributed by atoms with van der Waals surface area (Å²) in [5.41, 5.74) is 0.946. The number of hydrogen-bond acceptors (Lipinski definition) is 7. The van der Waals surface area contributed by atoms with Crippen LogP contribution in [0.1, 0.15) is 25.8 Å². The highest BCUT2D eigenvalue weighted by molar-refractivity contribution is 5.42. The predicted octanol–water partition coefficient (Wildman–Crippen LogP) is 1.85. The molecule has 4 atom stereocenters. The first-order chi connectivity index (χ1) is 11.9. The van der Waals surface area contributed by atoms with Gasteiger partial charge in [0.15, 0.2) is 23.6 Å². The van der Waals surface area contributed by atoms with E-state index in [9.17, 15) is 5.11 Å². The van der Waals surface area contributed by atoms with Crippen LogP contribution in [0.25, 0.3) is 0 Å². The van der Waals surface area contributed by atoms with E-state index in [1.54, 1.807) is 14.2 Å². The molecule has 25 heavy (non-hydrogen) atoms. The van der Waals surface area contributed by atoms with Crippen molar-refractivity contribution in [3.8, 4) is 11.5 Å². The number of aliphatic hydroxyl groups excluding tert-OH is 1.